The van der Waals surface area contributed by atoms with Gasteiger partial charge in [-0.3, -0.25) is 9.59 Å². The number of ether oxygens (including phenoxy) is 2. The molecule has 0 spiro atoms. The smallest absolute Gasteiger partial charge is 0.271 e. The van der Waals surface area contributed by atoms with Gasteiger partial charge < -0.3 is 15.2 Å². The SMILES string of the molecule is COc1cccc(C(=O)N/N=C/c2cc(Br)cc(Br)c2OCC(N)=O)c1. The largest absolute Gasteiger partial charge is 0.497 e. The van der Waals surface area contributed by atoms with Gasteiger partial charge in [-0.15, -0.1) is 0 Å². The molecule has 3 N–H and O–H groups in total. The van der Waals surface area contributed by atoms with Crippen LogP contribution in [0, 0.1) is 0 Å². The fourth-order valence-corrected chi connectivity index (χ4v) is 3.33. The van der Waals surface area contributed by atoms with Gasteiger partial charge in [0.2, 0.25) is 0 Å². The molecular formula is C17H15Br2N3O4. The molecule has 0 heterocycles. The van der Waals surface area contributed by atoms with Gasteiger partial charge in [-0.25, -0.2) is 5.43 Å². The van der Waals surface area contributed by atoms with Gasteiger partial charge in [0.05, 0.1) is 17.8 Å². The molecule has 2 aromatic carbocycles. The van der Waals surface area contributed by atoms with E-state index in [1.807, 2.05) is 0 Å². The molecule has 26 heavy (non-hydrogen) atoms. The van der Waals surface area contributed by atoms with E-state index in [4.69, 9.17) is 15.2 Å². The number of benzene rings is 2. The highest BCUT2D eigenvalue weighted by molar-refractivity contribution is 9.11. The van der Waals surface area contributed by atoms with Gasteiger partial charge in [-0.05, 0) is 46.3 Å². The number of carbonyl (C=O) groups excluding carboxylic acids is 2. The zero-order chi connectivity index (χ0) is 19.1. The van der Waals surface area contributed by atoms with E-state index in [0.29, 0.717) is 27.1 Å². The molecule has 0 aromatic heterocycles. The number of halogens is 2. The summed E-state index contributed by atoms with van der Waals surface area (Å²) in [5.74, 6) is -0.0473. The van der Waals surface area contributed by atoms with E-state index in [1.165, 1.54) is 13.3 Å². The summed E-state index contributed by atoms with van der Waals surface area (Å²) >= 11 is 6.71. The van der Waals surface area contributed by atoms with Crippen LogP contribution in [0.15, 0.2) is 50.4 Å². The molecule has 2 aromatic rings. The average Bonchev–Trinajstić information content (AvgIpc) is 2.60. The summed E-state index contributed by atoms with van der Waals surface area (Å²) in [6.45, 7) is -0.281. The number of nitrogens with zero attached hydrogens (tertiary/aromatic N) is 1. The van der Waals surface area contributed by atoms with Crippen LogP contribution >= 0.6 is 31.9 Å². The molecule has 2 amide bonds. The summed E-state index contributed by atoms with van der Waals surface area (Å²) < 4.78 is 11.8. The first-order chi connectivity index (χ1) is 12.4. The molecule has 0 atom stereocenters. The first-order valence-electron chi connectivity index (χ1n) is 7.28. The topological polar surface area (TPSA) is 103 Å². The van der Waals surface area contributed by atoms with E-state index < -0.39 is 11.8 Å². The molecule has 2 rings (SSSR count). The summed E-state index contributed by atoms with van der Waals surface area (Å²) in [4.78, 5) is 23.1. The van der Waals surface area contributed by atoms with E-state index in [1.54, 1.807) is 36.4 Å². The van der Waals surface area contributed by atoms with E-state index in [0.717, 1.165) is 4.47 Å². The predicted molar refractivity (Wildman–Crippen MR) is 105 cm³/mol. The Balaban J connectivity index is 2.16. The number of primary amides is 1. The molecule has 0 saturated heterocycles. The van der Waals surface area contributed by atoms with Crippen molar-refractivity contribution in [2.24, 2.45) is 10.8 Å². The second kappa shape index (κ2) is 9.35. The van der Waals surface area contributed by atoms with Crippen LogP contribution in [0.5, 0.6) is 11.5 Å². The maximum Gasteiger partial charge on any atom is 0.271 e. The van der Waals surface area contributed by atoms with E-state index in [2.05, 4.69) is 42.4 Å². The Bertz CT molecular complexity index is 856. The molecule has 0 radical (unpaired) electrons. The van der Waals surface area contributed by atoms with Crippen LogP contribution in [0.4, 0.5) is 0 Å². The molecule has 0 aliphatic heterocycles. The predicted octanol–water partition coefficient (Wildman–Crippen LogP) is 2.85. The number of rotatable bonds is 7. The Kier molecular flexibility index (Phi) is 7.16. The number of methoxy groups -OCH3 is 1. The third-order valence-electron chi connectivity index (χ3n) is 3.10. The number of carbonyl (C=O) groups is 2. The van der Waals surface area contributed by atoms with Crippen molar-refractivity contribution in [2.75, 3.05) is 13.7 Å². The van der Waals surface area contributed by atoms with Crippen molar-refractivity contribution in [1.82, 2.24) is 5.43 Å². The van der Waals surface area contributed by atoms with Crippen LogP contribution in [0.2, 0.25) is 0 Å². The molecule has 0 aliphatic rings. The van der Waals surface area contributed by atoms with E-state index >= 15 is 0 Å². The molecule has 0 fully saturated rings. The molecule has 136 valence electrons. The highest BCUT2D eigenvalue weighted by Gasteiger charge is 2.11. The van der Waals surface area contributed by atoms with Crippen molar-refractivity contribution in [3.05, 3.63) is 56.5 Å². The summed E-state index contributed by atoms with van der Waals surface area (Å²) in [6.07, 6.45) is 1.41. The first-order valence-corrected chi connectivity index (χ1v) is 8.87. The van der Waals surface area contributed by atoms with Crippen LogP contribution < -0.4 is 20.6 Å². The van der Waals surface area contributed by atoms with Gasteiger partial charge in [0, 0.05) is 15.6 Å². The van der Waals surface area contributed by atoms with Crippen LogP contribution in [0.25, 0.3) is 0 Å². The quantitative estimate of drug-likeness (QED) is 0.465. The normalized spacial score (nSPS) is 10.6. The maximum atomic E-state index is 12.1. The van der Waals surface area contributed by atoms with Gasteiger partial charge in [0.15, 0.2) is 6.61 Å². The average molecular weight is 485 g/mol. The molecule has 7 nitrogen and oxygen atoms in total. The third-order valence-corrected chi connectivity index (χ3v) is 4.14. The Morgan fingerprint density at radius 2 is 2.04 bits per heavy atom. The van der Waals surface area contributed by atoms with Gasteiger partial charge in [-0.1, -0.05) is 22.0 Å². The minimum absolute atomic E-state index is 0.281. The summed E-state index contributed by atoms with van der Waals surface area (Å²) in [5, 5.41) is 3.94. The van der Waals surface area contributed by atoms with Crippen molar-refractivity contribution < 1.29 is 19.1 Å². The van der Waals surface area contributed by atoms with Crippen molar-refractivity contribution >= 4 is 49.9 Å². The molecule has 0 bridgehead atoms. The minimum Gasteiger partial charge on any atom is -0.497 e. The first kappa shape index (κ1) is 19.9. The van der Waals surface area contributed by atoms with Crippen LogP contribution in [0.3, 0.4) is 0 Å². The molecule has 0 unspecified atom stereocenters. The molecule has 9 heteroatoms. The molecule has 0 aliphatic carbocycles. The molecule has 0 saturated carbocycles. The van der Waals surface area contributed by atoms with Crippen LogP contribution in [0.1, 0.15) is 15.9 Å². The van der Waals surface area contributed by atoms with Crippen molar-refractivity contribution in [1.29, 1.82) is 0 Å². The number of amides is 2. The van der Waals surface area contributed by atoms with Gasteiger partial charge in [0.1, 0.15) is 11.5 Å². The fraction of sp³-hybridized carbons (Fsp3) is 0.118. The summed E-state index contributed by atoms with van der Waals surface area (Å²) in [5.41, 5.74) is 8.48. The van der Waals surface area contributed by atoms with Crippen LogP contribution in [-0.2, 0) is 4.79 Å². The minimum atomic E-state index is -0.603. The van der Waals surface area contributed by atoms with Crippen molar-refractivity contribution in [2.45, 2.75) is 0 Å². The molecular weight excluding hydrogens is 470 g/mol. The van der Waals surface area contributed by atoms with Gasteiger partial charge in [0.25, 0.3) is 11.8 Å². The number of hydrazone groups is 1. The summed E-state index contributed by atoms with van der Waals surface area (Å²) in [6, 6.07) is 10.2. The standard InChI is InChI=1S/C17H15Br2N3O4/c1-25-13-4-2-3-10(6-13)17(24)22-21-8-11-5-12(18)7-14(19)16(11)26-9-15(20)23/h2-8H,9H2,1H3,(H2,20,23)(H,22,24)/b21-8+. The summed E-state index contributed by atoms with van der Waals surface area (Å²) in [7, 11) is 1.52. The van der Waals surface area contributed by atoms with Crippen molar-refractivity contribution in [3.63, 3.8) is 0 Å². The van der Waals surface area contributed by atoms with Gasteiger partial charge in [-0.2, -0.15) is 5.10 Å². The van der Waals surface area contributed by atoms with Crippen molar-refractivity contribution in [3.8, 4) is 11.5 Å². The zero-order valence-corrected chi connectivity index (χ0v) is 16.8. The number of hydrogen-bond acceptors (Lipinski definition) is 5. The lowest BCUT2D eigenvalue weighted by molar-refractivity contribution is -0.119. The Labute approximate surface area is 166 Å². The number of nitrogens with one attached hydrogen (secondary N) is 1. The second-order valence-corrected chi connectivity index (χ2v) is 6.76. The lowest BCUT2D eigenvalue weighted by Gasteiger charge is -2.10. The monoisotopic (exact) mass is 483 g/mol. The highest BCUT2D eigenvalue weighted by atomic mass is 79.9. The van der Waals surface area contributed by atoms with Gasteiger partial charge >= 0.3 is 0 Å². The maximum absolute atomic E-state index is 12.1. The highest BCUT2D eigenvalue weighted by Crippen LogP contribution is 2.32. The lowest BCUT2D eigenvalue weighted by atomic mass is 10.2. The fourth-order valence-electron chi connectivity index (χ4n) is 1.96. The Morgan fingerprint density at radius 1 is 1.27 bits per heavy atom. The second-order valence-electron chi connectivity index (χ2n) is 4.99. The van der Waals surface area contributed by atoms with E-state index in [9.17, 15) is 9.59 Å². The number of hydrogen-bond donors (Lipinski definition) is 2. The van der Waals surface area contributed by atoms with Crippen LogP contribution in [-0.4, -0.2) is 31.7 Å². The van der Waals surface area contributed by atoms with E-state index in [-0.39, 0.29) is 6.61 Å². The third kappa shape index (κ3) is 5.57. The number of nitrogens with two attached hydrogens (primary N) is 1. The zero-order valence-electron chi connectivity index (χ0n) is 13.7. The Hall–Kier alpha value is -2.39. The lowest BCUT2D eigenvalue weighted by Crippen LogP contribution is -2.21. The Morgan fingerprint density at radius 3 is 2.73 bits per heavy atom.